The first-order valence-electron chi connectivity index (χ1n) is 12.0. The quantitative estimate of drug-likeness (QED) is 0.256. The number of carboxylic acid groups (broad SMARTS) is 1. The van der Waals surface area contributed by atoms with Crippen LogP contribution in [0.1, 0.15) is 33.4 Å². The van der Waals surface area contributed by atoms with Crippen LogP contribution in [0.2, 0.25) is 5.02 Å². The molecule has 1 aliphatic heterocycles. The van der Waals surface area contributed by atoms with Crippen molar-refractivity contribution in [3.8, 4) is 17.1 Å². The summed E-state index contributed by atoms with van der Waals surface area (Å²) in [5.41, 5.74) is 2.84. The molecule has 0 aliphatic carbocycles. The Balaban J connectivity index is 1.35. The van der Waals surface area contributed by atoms with Crippen LogP contribution in [0.3, 0.4) is 0 Å². The molecule has 0 unspecified atom stereocenters. The SMILES string of the molecule is COc1ccc(NC(=O)c2cc(-c3ccc(/C=C4\C(=O)N(c5ccc(C(=O)O)cc5)N=C4C)o3)ccc2Cl)cc1. The molecular weight excluding hydrogens is 534 g/mol. The summed E-state index contributed by atoms with van der Waals surface area (Å²) in [5.74, 6) is -0.255. The van der Waals surface area contributed by atoms with E-state index in [1.807, 2.05) is 0 Å². The van der Waals surface area contributed by atoms with Gasteiger partial charge in [0.25, 0.3) is 11.8 Å². The summed E-state index contributed by atoms with van der Waals surface area (Å²) < 4.78 is 11.1. The molecule has 0 saturated heterocycles. The number of amides is 2. The largest absolute Gasteiger partial charge is 0.497 e. The normalized spacial score (nSPS) is 13.9. The number of carbonyl (C=O) groups excluding carboxylic acids is 2. The molecule has 40 heavy (non-hydrogen) atoms. The first-order valence-corrected chi connectivity index (χ1v) is 12.4. The van der Waals surface area contributed by atoms with E-state index in [0.717, 1.165) is 0 Å². The molecule has 0 bridgehead atoms. The maximum Gasteiger partial charge on any atom is 0.335 e. The first kappa shape index (κ1) is 26.5. The zero-order chi connectivity index (χ0) is 28.4. The van der Waals surface area contributed by atoms with Crippen LogP contribution in [0.25, 0.3) is 17.4 Å². The average Bonchev–Trinajstić information content (AvgIpc) is 3.54. The zero-order valence-electron chi connectivity index (χ0n) is 21.3. The molecule has 2 heterocycles. The number of hydrogen-bond donors (Lipinski definition) is 2. The molecule has 2 N–H and O–H groups in total. The fourth-order valence-electron chi connectivity index (χ4n) is 4.06. The van der Waals surface area contributed by atoms with E-state index in [9.17, 15) is 14.4 Å². The van der Waals surface area contributed by atoms with E-state index in [1.54, 1.807) is 74.7 Å². The molecule has 0 spiro atoms. The monoisotopic (exact) mass is 555 g/mol. The standard InChI is InChI=1S/C30H22ClN3O6/c1-17-24(29(36)34(33-17)21-8-3-18(4-9-21)30(37)38)16-23-12-14-27(40-23)19-5-13-26(31)25(15-19)28(35)32-20-6-10-22(39-2)11-7-20/h3-16H,1-2H3,(H,32,35)(H,37,38)/b24-16-. The number of methoxy groups -OCH3 is 1. The number of furan rings is 1. The third-order valence-corrected chi connectivity index (χ3v) is 6.51. The predicted octanol–water partition coefficient (Wildman–Crippen LogP) is 6.37. The topological polar surface area (TPSA) is 121 Å². The molecule has 4 aromatic rings. The molecule has 0 saturated carbocycles. The van der Waals surface area contributed by atoms with Gasteiger partial charge in [0.1, 0.15) is 17.3 Å². The van der Waals surface area contributed by atoms with Crippen LogP contribution in [0, 0.1) is 0 Å². The molecule has 1 aromatic heterocycles. The van der Waals surface area contributed by atoms with E-state index in [1.165, 1.54) is 29.3 Å². The third kappa shape index (κ3) is 5.36. The number of rotatable bonds is 7. The van der Waals surface area contributed by atoms with Gasteiger partial charge in [-0.2, -0.15) is 10.1 Å². The Morgan fingerprint density at radius 3 is 2.42 bits per heavy atom. The Bertz CT molecular complexity index is 1690. The van der Waals surface area contributed by atoms with Crippen molar-refractivity contribution in [1.29, 1.82) is 0 Å². The summed E-state index contributed by atoms with van der Waals surface area (Å²) in [6, 6.07) is 21.2. The minimum Gasteiger partial charge on any atom is -0.497 e. The van der Waals surface area contributed by atoms with Gasteiger partial charge in [-0.25, -0.2) is 4.79 Å². The zero-order valence-corrected chi connectivity index (χ0v) is 22.1. The van der Waals surface area contributed by atoms with Crippen molar-refractivity contribution < 1.29 is 28.6 Å². The second-order valence-corrected chi connectivity index (χ2v) is 9.20. The van der Waals surface area contributed by atoms with Crippen molar-refractivity contribution in [3.05, 3.63) is 106 Å². The number of nitrogens with one attached hydrogen (secondary N) is 1. The van der Waals surface area contributed by atoms with Crippen molar-refractivity contribution in [2.24, 2.45) is 5.10 Å². The van der Waals surface area contributed by atoms with Gasteiger partial charge in [-0.3, -0.25) is 9.59 Å². The van der Waals surface area contributed by atoms with E-state index in [0.29, 0.717) is 45.5 Å². The van der Waals surface area contributed by atoms with Crippen LogP contribution >= 0.6 is 11.6 Å². The van der Waals surface area contributed by atoms with Crippen LogP contribution in [0.5, 0.6) is 5.75 Å². The molecule has 2 amide bonds. The lowest BCUT2D eigenvalue weighted by atomic mass is 10.1. The second kappa shape index (κ2) is 10.9. The number of hydrazone groups is 1. The van der Waals surface area contributed by atoms with Crippen molar-refractivity contribution in [1.82, 2.24) is 0 Å². The summed E-state index contributed by atoms with van der Waals surface area (Å²) in [6.07, 6.45) is 1.59. The Morgan fingerprint density at radius 1 is 1.02 bits per heavy atom. The molecule has 5 rings (SSSR count). The average molecular weight is 556 g/mol. The van der Waals surface area contributed by atoms with Gasteiger partial charge in [-0.05, 0) is 91.9 Å². The van der Waals surface area contributed by atoms with E-state index >= 15 is 0 Å². The number of anilines is 2. The highest BCUT2D eigenvalue weighted by Gasteiger charge is 2.29. The lowest BCUT2D eigenvalue weighted by molar-refractivity contribution is -0.114. The number of carbonyl (C=O) groups is 3. The molecule has 0 radical (unpaired) electrons. The third-order valence-electron chi connectivity index (χ3n) is 6.18. The molecule has 3 aromatic carbocycles. The molecule has 1 aliphatic rings. The minimum atomic E-state index is -1.06. The molecule has 200 valence electrons. The van der Waals surface area contributed by atoms with E-state index in [4.69, 9.17) is 25.9 Å². The van der Waals surface area contributed by atoms with E-state index in [-0.39, 0.29) is 28.0 Å². The number of benzene rings is 3. The lowest BCUT2D eigenvalue weighted by Crippen LogP contribution is -2.21. The Morgan fingerprint density at radius 2 is 1.75 bits per heavy atom. The number of hydrogen-bond acceptors (Lipinski definition) is 6. The lowest BCUT2D eigenvalue weighted by Gasteiger charge is -2.11. The van der Waals surface area contributed by atoms with Gasteiger partial charge in [-0.1, -0.05) is 11.6 Å². The summed E-state index contributed by atoms with van der Waals surface area (Å²) in [5, 5.41) is 17.7. The van der Waals surface area contributed by atoms with Gasteiger partial charge in [0.15, 0.2) is 0 Å². The van der Waals surface area contributed by atoms with Gasteiger partial charge in [0, 0.05) is 11.3 Å². The van der Waals surface area contributed by atoms with Crippen LogP contribution in [0.4, 0.5) is 11.4 Å². The number of nitrogens with zero attached hydrogens (tertiary/aromatic N) is 2. The van der Waals surface area contributed by atoms with Crippen LogP contribution < -0.4 is 15.1 Å². The van der Waals surface area contributed by atoms with Crippen molar-refractivity contribution in [2.75, 3.05) is 17.4 Å². The summed E-state index contributed by atoms with van der Waals surface area (Å²) in [4.78, 5) is 37.1. The molecule has 10 heteroatoms. The number of halogens is 1. The maximum atomic E-state index is 13.1. The first-order chi connectivity index (χ1) is 19.2. The van der Waals surface area contributed by atoms with Crippen LogP contribution in [0.15, 0.2) is 94.0 Å². The Labute approximate surface area is 233 Å². The smallest absolute Gasteiger partial charge is 0.335 e. The van der Waals surface area contributed by atoms with Crippen LogP contribution in [-0.4, -0.2) is 35.7 Å². The van der Waals surface area contributed by atoms with Gasteiger partial charge in [-0.15, -0.1) is 0 Å². The van der Waals surface area contributed by atoms with Crippen LogP contribution in [-0.2, 0) is 4.79 Å². The highest BCUT2D eigenvalue weighted by molar-refractivity contribution is 6.34. The van der Waals surface area contributed by atoms with Crippen molar-refractivity contribution in [2.45, 2.75) is 6.92 Å². The number of ether oxygens (including phenoxy) is 1. The molecule has 9 nitrogen and oxygen atoms in total. The minimum absolute atomic E-state index is 0.110. The maximum absolute atomic E-state index is 13.1. The van der Waals surface area contributed by atoms with E-state index in [2.05, 4.69) is 10.4 Å². The number of aromatic carboxylic acids is 1. The molecule has 0 atom stereocenters. The predicted molar refractivity (Wildman–Crippen MR) is 152 cm³/mol. The highest BCUT2D eigenvalue weighted by atomic mass is 35.5. The van der Waals surface area contributed by atoms with Gasteiger partial charge < -0.3 is 19.6 Å². The summed E-state index contributed by atoms with van der Waals surface area (Å²) in [7, 11) is 1.56. The summed E-state index contributed by atoms with van der Waals surface area (Å²) in [6.45, 7) is 1.70. The Kier molecular flexibility index (Phi) is 7.22. The van der Waals surface area contributed by atoms with Gasteiger partial charge in [0.05, 0.1) is 40.2 Å². The fourth-order valence-corrected chi connectivity index (χ4v) is 4.26. The van der Waals surface area contributed by atoms with Crippen molar-refractivity contribution in [3.63, 3.8) is 0 Å². The molecular formula is C30H22ClN3O6. The molecule has 0 fully saturated rings. The Hall–Kier alpha value is -5.15. The highest BCUT2D eigenvalue weighted by Crippen LogP contribution is 2.30. The summed E-state index contributed by atoms with van der Waals surface area (Å²) >= 11 is 6.33. The van der Waals surface area contributed by atoms with Crippen molar-refractivity contribution >= 4 is 52.5 Å². The number of carboxylic acids is 1. The van der Waals surface area contributed by atoms with Gasteiger partial charge >= 0.3 is 5.97 Å². The van der Waals surface area contributed by atoms with Gasteiger partial charge in [0.2, 0.25) is 0 Å². The fraction of sp³-hybridized carbons (Fsp3) is 0.0667. The van der Waals surface area contributed by atoms with E-state index < -0.39 is 5.97 Å². The second-order valence-electron chi connectivity index (χ2n) is 8.79.